The molecule has 0 saturated heterocycles. The van der Waals surface area contributed by atoms with E-state index in [1.807, 2.05) is 50.2 Å². The molecule has 0 saturated carbocycles. The first-order valence-electron chi connectivity index (χ1n) is 13.5. The molecule has 0 amide bonds. The van der Waals surface area contributed by atoms with Crippen LogP contribution in [0.25, 0.3) is 11.1 Å². The normalized spacial score (nSPS) is 11.4. The number of benzene rings is 2. The molecule has 0 atom stereocenters. The topological polar surface area (TPSA) is 35.5 Å². The standard InChI is InChI=1S/C31H46O3/c1-5-7-9-10-11-12-13-15-25-33-29-22-20-27(21-23-29)26-16-18-28(19-17-26)30(32)34-31(3,4)24-14-8-6-2/h16-23H,5-15,24-25H2,1-4H3. The fourth-order valence-corrected chi connectivity index (χ4v) is 4.13. The number of esters is 1. The number of hydrogen-bond acceptors (Lipinski definition) is 3. The Bertz CT molecular complexity index is 806. The molecule has 2 aromatic carbocycles. The van der Waals surface area contributed by atoms with Crippen molar-refractivity contribution in [2.24, 2.45) is 0 Å². The first-order chi connectivity index (χ1) is 16.4. The molecule has 0 unspecified atom stereocenters. The van der Waals surface area contributed by atoms with E-state index in [0.717, 1.165) is 49.2 Å². The Labute approximate surface area is 208 Å². The molecule has 0 N–H and O–H groups in total. The molecule has 0 aliphatic rings. The Morgan fingerprint density at radius 1 is 0.676 bits per heavy atom. The van der Waals surface area contributed by atoms with Crippen LogP contribution in [0.15, 0.2) is 48.5 Å². The zero-order valence-electron chi connectivity index (χ0n) is 22.0. The van der Waals surface area contributed by atoms with E-state index >= 15 is 0 Å². The summed E-state index contributed by atoms with van der Waals surface area (Å²) in [5.74, 6) is 0.662. The van der Waals surface area contributed by atoms with E-state index < -0.39 is 5.60 Å². The number of unbranched alkanes of at least 4 members (excludes halogenated alkanes) is 9. The zero-order valence-corrected chi connectivity index (χ0v) is 22.0. The molecular weight excluding hydrogens is 420 g/mol. The quantitative estimate of drug-likeness (QED) is 0.172. The highest BCUT2D eigenvalue weighted by Gasteiger charge is 2.23. The maximum Gasteiger partial charge on any atom is 0.338 e. The minimum absolute atomic E-state index is 0.252. The first kappa shape index (κ1) is 28.0. The highest BCUT2D eigenvalue weighted by Crippen LogP contribution is 2.25. The summed E-state index contributed by atoms with van der Waals surface area (Å²) < 4.78 is 11.7. The summed E-state index contributed by atoms with van der Waals surface area (Å²) in [4.78, 5) is 12.6. The van der Waals surface area contributed by atoms with Gasteiger partial charge in [0.1, 0.15) is 11.4 Å². The molecule has 188 valence electrons. The van der Waals surface area contributed by atoms with Crippen LogP contribution in [0, 0.1) is 0 Å². The Morgan fingerprint density at radius 3 is 1.76 bits per heavy atom. The molecule has 3 nitrogen and oxygen atoms in total. The fourth-order valence-electron chi connectivity index (χ4n) is 4.13. The summed E-state index contributed by atoms with van der Waals surface area (Å²) in [5.41, 5.74) is 2.35. The van der Waals surface area contributed by atoms with Gasteiger partial charge in [-0.15, -0.1) is 0 Å². The highest BCUT2D eigenvalue weighted by molar-refractivity contribution is 5.90. The Morgan fingerprint density at radius 2 is 1.18 bits per heavy atom. The SMILES string of the molecule is CCCCCCCCCCOc1ccc(-c2ccc(C(=O)OC(C)(C)CCCCC)cc2)cc1. The summed E-state index contributed by atoms with van der Waals surface area (Å²) in [6.07, 6.45) is 14.7. The van der Waals surface area contributed by atoms with Gasteiger partial charge < -0.3 is 9.47 Å². The summed E-state index contributed by atoms with van der Waals surface area (Å²) in [6.45, 7) is 9.20. The van der Waals surface area contributed by atoms with Crippen LogP contribution in [0.1, 0.15) is 115 Å². The zero-order chi connectivity index (χ0) is 24.7. The first-order valence-corrected chi connectivity index (χ1v) is 13.5. The van der Waals surface area contributed by atoms with Crippen molar-refractivity contribution in [3.8, 4) is 16.9 Å². The maximum atomic E-state index is 12.6. The monoisotopic (exact) mass is 466 g/mol. The van der Waals surface area contributed by atoms with E-state index in [9.17, 15) is 4.79 Å². The van der Waals surface area contributed by atoms with Gasteiger partial charge in [-0.2, -0.15) is 0 Å². The summed E-state index contributed by atoms with van der Waals surface area (Å²) in [6, 6.07) is 15.9. The van der Waals surface area contributed by atoms with E-state index in [-0.39, 0.29) is 5.97 Å². The van der Waals surface area contributed by atoms with Crippen LogP contribution in [0.4, 0.5) is 0 Å². The smallest absolute Gasteiger partial charge is 0.338 e. The average molecular weight is 467 g/mol. The van der Waals surface area contributed by atoms with Crippen molar-refractivity contribution in [2.45, 2.75) is 110 Å². The molecule has 0 bridgehead atoms. The van der Waals surface area contributed by atoms with Crippen molar-refractivity contribution < 1.29 is 14.3 Å². The molecule has 0 aliphatic carbocycles. The van der Waals surface area contributed by atoms with Crippen molar-refractivity contribution in [1.82, 2.24) is 0 Å². The predicted octanol–water partition coefficient (Wildman–Crippen LogP) is 9.39. The van der Waals surface area contributed by atoms with Gasteiger partial charge in [-0.25, -0.2) is 4.79 Å². The Balaban J connectivity index is 1.75. The minimum atomic E-state index is -0.435. The Hall–Kier alpha value is -2.29. The van der Waals surface area contributed by atoms with Gasteiger partial charge in [0.15, 0.2) is 0 Å². The molecule has 0 aliphatic heterocycles. The molecule has 34 heavy (non-hydrogen) atoms. The second kappa shape index (κ2) is 15.6. The van der Waals surface area contributed by atoms with E-state index in [0.29, 0.717) is 5.56 Å². The van der Waals surface area contributed by atoms with Gasteiger partial charge >= 0.3 is 5.97 Å². The minimum Gasteiger partial charge on any atom is -0.494 e. The van der Waals surface area contributed by atoms with Gasteiger partial charge in [-0.3, -0.25) is 0 Å². The van der Waals surface area contributed by atoms with Crippen molar-refractivity contribution in [3.63, 3.8) is 0 Å². The second-order valence-electron chi connectivity index (χ2n) is 10.0. The van der Waals surface area contributed by atoms with Crippen LogP contribution >= 0.6 is 0 Å². The predicted molar refractivity (Wildman–Crippen MR) is 144 cm³/mol. The van der Waals surface area contributed by atoms with E-state index in [1.165, 1.54) is 51.4 Å². The largest absolute Gasteiger partial charge is 0.494 e. The van der Waals surface area contributed by atoms with Gasteiger partial charge in [-0.05, 0) is 68.5 Å². The Kier molecular flexibility index (Phi) is 12.8. The lowest BCUT2D eigenvalue weighted by molar-refractivity contribution is -0.00545. The third kappa shape index (κ3) is 10.8. The molecule has 2 aromatic rings. The number of carbonyl (C=O) groups excluding carboxylic acids is 1. The fraction of sp³-hybridized carbons (Fsp3) is 0.581. The molecule has 0 spiro atoms. The average Bonchev–Trinajstić information content (AvgIpc) is 2.83. The van der Waals surface area contributed by atoms with Crippen LogP contribution in [-0.2, 0) is 4.74 Å². The van der Waals surface area contributed by atoms with Crippen LogP contribution < -0.4 is 4.74 Å². The summed E-state index contributed by atoms with van der Waals surface area (Å²) in [7, 11) is 0. The van der Waals surface area contributed by atoms with E-state index in [1.54, 1.807) is 0 Å². The lowest BCUT2D eigenvalue weighted by atomic mass is 10.00. The third-order valence-electron chi connectivity index (χ3n) is 6.33. The molecule has 0 heterocycles. The molecule has 3 heteroatoms. The maximum absolute atomic E-state index is 12.6. The summed E-state index contributed by atoms with van der Waals surface area (Å²) in [5, 5.41) is 0. The van der Waals surface area contributed by atoms with Crippen molar-refractivity contribution >= 4 is 5.97 Å². The third-order valence-corrected chi connectivity index (χ3v) is 6.33. The molecule has 2 rings (SSSR count). The molecule has 0 fully saturated rings. The van der Waals surface area contributed by atoms with Crippen molar-refractivity contribution in [3.05, 3.63) is 54.1 Å². The van der Waals surface area contributed by atoms with Crippen LogP contribution in [-0.4, -0.2) is 18.2 Å². The van der Waals surface area contributed by atoms with Crippen molar-refractivity contribution in [1.29, 1.82) is 0 Å². The van der Waals surface area contributed by atoms with E-state index in [2.05, 4.69) is 26.0 Å². The van der Waals surface area contributed by atoms with Gasteiger partial charge in [0.25, 0.3) is 0 Å². The number of carbonyl (C=O) groups is 1. The number of rotatable bonds is 17. The number of hydrogen-bond donors (Lipinski definition) is 0. The van der Waals surface area contributed by atoms with Crippen LogP contribution in [0.5, 0.6) is 5.75 Å². The molecule has 0 aromatic heterocycles. The van der Waals surface area contributed by atoms with Gasteiger partial charge in [0.2, 0.25) is 0 Å². The second-order valence-corrected chi connectivity index (χ2v) is 10.0. The summed E-state index contributed by atoms with van der Waals surface area (Å²) >= 11 is 0. The van der Waals surface area contributed by atoms with E-state index in [4.69, 9.17) is 9.47 Å². The van der Waals surface area contributed by atoms with Crippen LogP contribution in [0.3, 0.4) is 0 Å². The lowest BCUT2D eigenvalue weighted by Gasteiger charge is -2.25. The van der Waals surface area contributed by atoms with Gasteiger partial charge in [0.05, 0.1) is 12.2 Å². The van der Waals surface area contributed by atoms with Crippen LogP contribution in [0.2, 0.25) is 0 Å². The lowest BCUT2D eigenvalue weighted by Crippen LogP contribution is -2.28. The molecular formula is C31H46O3. The van der Waals surface area contributed by atoms with Crippen molar-refractivity contribution in [2.75, 3.05) is 6.61 Å². The van der Waals surface area contributed by atoms with Gasteiger partial charge in [0, 0.05) is 0 Å². The van der Waals surface area contributed by atoms with Gasteiger partial charge in [-0.1, -0.05) is 95.9 Å². The number of ether oxygens (including phenoxy) is 2. The molecule has 0 radical (unpaired) electrons. The highest BCUT2D eigenvalue weighted by atomic mass is 16.6.